The Labute approximate surface area is 134 Å². The number of nitrogens with one attached hydrogen (secondary N) is 1. The summed E-state index contributed by atoms with van der Waals surface area (Å²) < 4.78 is 7.23. The van der Waals surface area contributed by atoms with Crippen LogP contribution in [0.1, 0.15) is 30.6 Å². The van der Waals surface area contributed by atoms with E-state index in [-0.39, 0.29) is 6.04 Å². The first-order valence-electron chi connectivity index (χ1n) is 6.63. The van der Waals surface area contributed by atoms with Gasteiger partial charge in [0.1, 0.15) is 5.75 Å². The maximum absolute atomic E-state index is 6.29. The summed E-state index contributed by atoms with van der Waals surface area (Å²) in [5, 5.41) is 5.44. The van der Waals surface area contributed by atoms with Crippen LogP contribution in [0.3, 0.4) is 0 Å². The van der Waals surface area contributed by atoms with Crippen molar-refractivity contribution in [1.29, 1.82) is 0 Å². The van der Waals surface area contributed by atoms with Crippen molar-refractivity contribution in [2.24, 2.45) is 5.84 Å². The molecule has 0 spiro atoms. The molecule has 0 amide bonds. The van der Waals surface area contributed by atoms with Crippen molar-refractivity contribution in [3.05, 3.63) is 45.7 Å². The number of benzene rings is 1. The lowest BCUT2D eigenvalue weighted by atomic mass is 10.0. The van der Waals surface area contributed by atoms with E-state index in [2.05, 4.69) is 17.4 Å². The van der Waals surface area contributed by atoms with Crippen molar-refractivity contribution < 1.29 is 4.74 Å². The summed E-state index contributed by atoms with van der Waals surface area (Å²) in [4.78, 5) is 0. The molecule has 0 aliphatic rings. The standard InChI is InChI=1S/C14H18Cl2N4O/c1-3-6-20-14(11(16)8-18-20)13(19-17)10-7-9(15)4-5-12(10)21-2/h4-5,7-8,13,19H,3,6,17H2,1-2H3. The maximum atomic E-state index is 6.29. The molecule has 0 bridgehead atoms. The number of hydrazine groups is 1. The molecule has 0 saturated heterocycles. The molecule has 0 saturated carbocycles. The third-order valence-corrected chi connectivity index (χ3v) is 3.74. The molecule has 3 N–H and O–H groups in total. The Bertz CT molecular complexity index is 615. The predicted molar refractivity (Wildman–Crippen MR) is 84.7 cm³/mol. The predicted octanol–water partition coefficient (Wildman–Crippen LogP) is 3.16. The van der Waals surface area contributed by atoms with E-state index in [9.17, 15) is 0 Å². The third kappa shape index (κ3) is 3.32. The van der Waals surface area contributed by atoms with Gasteiger partial charge in [-0.25, -0.2) is 5.43 Å². The Hall–Kier alpha value is -1.27. The lowest BCUT2D eigenvalue weighted by Crippen LogP contribution is -2.31. The van der Waals surface area contributed by atoms with Crippen LogP contribution in [0.15, 0.2) is 24.4 Å². The number of hydrogen-bond donors (Lipinski definition) is 2. The van der Waals surface area contributed by atoms with Crippen LogP contribution in [0.25, 0.3) is 0 Å². The molecule has 0 aliphatic carbocycles. The summed E-state index contributed by atoms with van der Waals surface area (Å²) in [5.41, 5.74) is 4.38. The number of methoxy groups -OCH3 is 1. The highest BCUT2D eigenvalue weighted by atomic mass is 35.5. The van der Waals surface area contributed by atoms with E-state index < -0.39 is 0 Å². The van der Waals surface area contributed by atoms with Gasteiger partial charge in [-0.3, -0.25) is 10.5 Å². The minimum Gasteiger partial charge on any atom is -0.496 e. The third-order valence-electron chi connectivity index (χ3n) is 3.21. The molecular formula is C14H18Cl2N4O. The van der Waals surface area contributed by atoms with Gasteiger partial charge in [0.25, 0.3) is 0 Å². The van der Waals surface area contributed by atoms with E-state index in [1.54, 1.807) is 25.4 Å². The summed E-state index contributed by atoms with van der Waals surface area (Å²) in [6.45, 7) is 2.83. The molecule has 1 heterocycles. The fourth-order valence-corrected chi connectivity index (χ4v) is 2.73. The molecule has 114 valence electrons. The number of nitrogens with zero attached hydrogens (tertiary/aromatic N) is 2. The molecule has 5 nitrogen and oxygen atoms in total. The fraction of sp³-hybridized carbons (Fsp3) is 0.357. The SMILES string of the molecule is CCCn1ncc(Cl)c1C(NN)c1cc(Cl)ccc1OC. The summed E-state index contributed by atoms with van der Waals surface area (Å²) >= 11 is 12.4. The molecule has 21 heavy (non-hydrogen) atoms. The highest BCUT2D eigenvalue weighted by molar-refractivity contribution is 6.31. The van der Waals surface area contributed by atoms with E-state index in [0.29, 0.717) is 15.8 Å². The minimum atomic E-state index is -0.361. The summed E-state index contributed by atoms with van der Waals surface area (Å²) in [6, 6.07) is 5.02. The van der Waals surface area contributed by atoms with Gasteiger partial charge < -0.3 is 4.74 Å². The number of aromatic nitrogens is 2. The number of nitrogens with two attached hydrogens (primary N) is 1. The lowest BCUT2D eigenvalue weighted by molar-refractivity contribution is 0.401. The van der Waals surface area contributed by atoms with Gasteiger partial charge in [-0.15, -0.1) is 0 Å². The van der Waals surface area contributed by atoms with Crippen LogP contribution in [-0.2, 0) is 6.54 Å². The van der Waals surface area contributed by atoms with Crippen molar-refractivity contribution in [3.63, 3.8) is 0 Å². The average molecular weight is 329 g/mol. The van der Waals surface area contributed by atoms with Crippen molar-refractivity contribution in [2.45, 2.75) is 25.9 Å². The first-order valence-corrected chi connectivity index (χ1v) is 7.38. The van der Waals surface area contributed by atoms with Gasteiger partial charge in [0.15, 0.2) is 0 Å². The Morgan fingerprint density at radius 1 is 1.43 bits per heavy atom. The second kappa shape index (κ2) is 7.13. The summed E-state index contributed by atoms with van der Waals surface area (Å²) in [7, 11) is 1.60. The molecule has 1 aromatic carbocycles. The first kappa shape index (κ1) is 16.1. The molecular weight excluding hydrogens is 311 g/mol. The van der Waals surface area contributed by atoms with Gasteiger partial charge >= 0.3 is 0 Å². The largest absolute Gasteiger partial charge is 0.496 e. The molecule has 1 unspecified atom stereocenters. The van der Waals surface area contributed by atoms with Gasteiger partial charge in [0.2, 0.25) is 0 Å². The van der Waals surface area contributed by atoms with E-state index in [1.165, 1.54) is 0 Å². The Morgan fingerprint density at radius 3 is 2.81 bits per heavy atom. The monoisotopic (exact) mass is 328 g/mol. The fourth-order valence-electron chi connectivity index (χ4n) is 2.30. The molecule has 2 aromatic rings. The van der Waals surface area contributed by atoms with Crippen LogP contribution < -0.4 is 16.0 Å². The van der Waals surface area contributed by atoms with Gasteiger partial charge in [-0.05, 0) is 24.6 Å². The molecule has 0 fully saturated rings. The smallest absolute Gasteiger partial charge is 0.124 e. The van der Waals surface area contributed by atoms with Crippen LogP contribution in [0.2, 0.25) is 10.0 Å². The lowest BCUT2D eigenvalue weighted by Gasteiger charge is -2.21. The highest BCUT2D eigenvalue weighted by Gasteiger charge is 2.24. The van der Waals surface area contributed by atoms with Crippen LogP contribution >= 0.6 is 23.2 Å². The van der Waals surface area contributed by atoms with Crippen LogP contribution in [-0.4, -0.2) is 16.9 Å². The Kier molecular flexibility index (Phi) is 5.47. The van der Waals surface area contributed by atoms with Crippen LogP contribution in [0.5, 0.6) is 5.75 Å². The second-order valence-corrected chi connectivity index (χ2v) is 5.43. The van der Waals surface area contributed by atoms with Crippen molar-refractivity contribution in [1.82, 2.24) is 15.2 Å². The number of ether oxygens (including phenoxy) is 1. The Balaban J connectivity index is 2.54. The zero-order valence-electron chi connectivity index (χ0n) is 11.9. The minimum absolute atomic E-state index is 0.361. The van der Waals surface area contributed by atoms with Crippen LogP contribution in [0.4, 0.5) is 0 Å². The van der Waals surface area contributed by atoms with E-state index in [4.69, 9.17) is 33.8 Å². The highest BCUT2D eigenvalue weighted by Crippen LogP contribution is 2.34. The zero-order valence-corrected chi connectivity index (χ0v) is 13.4. The number of hydrogen-bond acceptors (Lipinski definition) is 4. The van der Waals surface area contributed by atoms with Gasteiger partial charge in [0.05, 0.1) is 30.1 Å². The Morgan fingerprint density at radius 2 is 2.19 bits per heavy atom. The van der Waals surface area contributed by atoms with Crippen molar-refractivity contribution >= 4 is 23.2 Å². The van der Waals surface area contributed by atoms with Gasteiger partial charge in [0, 0.05) is 17.1 Å². The van der Waals surface area contributed by atoms with E-state index in [1.807, 2.05) is 10.7 Å². The summed E-state index contributed by atoms with van der Waals surface area (Å²) in [5.74, 6) is 6.44. The number of rotatable bonds is 6. The topological polar surface area (TPSA) is 65.1 Å². The van der Waals surface area contributed by atoms with Crippen molar-refractivity contribution in [2.75, 3.05) is 7.11 Å². The molecule has 1 atom stereocenters. The molecule has 0 aliphatic heterocycles. The van der Waals surface area contributed by atoms with Gasteiger partial charge in [-0.1, -0.05) is 30.1 Å². The zero-order chi connectivity index (χ0) is 15.4. The molecule has 0 radical (unpaired) electrons. The quantitative estimate of drug-likeness (QED) is 0.631. The molecule has 1 aromatic heterocycles. The average Bonchev–Trinajstić information content (AvgIpc) is 2.82. The molecule has 7 heteroatoms. The molecule has 2 rings (SSSR count). The van der Waals surface area contributed by atoms with Gasteiger partial charge in [-0.2, -0.15) is 5.10 Å². The second-order valence-electron chi connectivity index (χ2n) is 4.59. The van der Waals surface area contributed by atoms with E-state index >= 15 is 0 Å². The summed E-state index contributed by atoms with van der Waals surface area (Å²) in [6.07, 6.45) is 2.56. The maximum Gasteiger partial charge on any atom is 0.124 e. The first-order chi connectivity index (χ1) is 10.1. The van der Waals surface area contributed by atoms with Crippen molar-refractivity contribution in [3.8, 4) is 5.75 Å². The number of halogens is 2. The van der Waals surface area contributed by atoms with E-state index in [0.717, 1.165) is 24.2 Å². The van der Waals surface area contributed by atoms with Crippen LogP contribution in [0, 0.1) is 0 Å². The normalized spacial score (nSPS) is 12.4. The number of aryl methyl sites for hydroxylation is 1.